The summed E-state index contributed by atoms with van der Waals surface area (Å²) in [5.74, 6) is -5.60. The molecule has 3 aromatic carbocycles. The van der Waals surface area contributed by atoms with Crippen molar-refractivity contribution in [2.45, 2.75) is 64.3 Å². The van der Waals surface area contributed by atoms with E-state index in [0.29, 0.717) is 24.9 Å². The lowest BCUT2D eigenvalue weighted by molar-refractivity contribution is -0.133. The zero-order valence-corrected chi connectivity index (χ0v) is 26.8. The fourth-order valence-corrected chi connectivity index (χ4v) is 5.40. The van der Waals surface area contributed by atoms with E-state index in [1.807, 2.05) is 44.2 Å². The summed E-state index contributed by atoms with van der Waals surface area (Å²) < 4.78 is 38.6. The van der Waals surface area contributed by atoms with Crippen molar-refractivity contribution in [2.75, 3.05) is 13.2 Å². The third kappa shape index (κ3) is 9.93. The monoisotopic (exact) mass is 663 g/mol. The first kappa shape index (κ1) is 35.7. The van der Waals surface area contributed by atoms with Gasteiger partial charge in [0.05, 0.1) is 6.04 Å². The van der Waals surface area contributed by atoms with Gasteiger partial charge >= 0.3 is 12.1 Å². The second kappa shape index (κ2) is 17.1. The van der Waals surface area contributed by atoms with Gasteiger partial charge in [-0.2, -0.15) is 0 Å². The minimum Gasteiger partial charge on any atom is -0.454 e. The van der Waals surface area contributed by atoms with Crippen LogP contribution in [0.25, 0.3) is 0 Å². The Hall–Kier alpha value is -5.13. The topological polar surface area (TPSA) is 131 Å². The SMILES string of the molecule is CC(C)CC(NC(=O)C1CCCN1C(=O)OCc1ccccc1)C(=O)NC(Cc1ccccc1)C(=O)COC(=O)c1c(F)cccc1F. The fraction of sp³-hybridized carbons (Fsp3) is 0.361. The molecule has 3 amide bonds. The highest BCUT2D eigenvalue weighted by atomic mass is 19.1. The van der Waals surface area contributed by atoms with Gasteiger partial charge in [0.2, 0.25) is 11.8 Å². The summed E-state index contributed by atoms with van der Waals surface area (Å²) in [5.41, 5.74) is 0.551. The van der Waals surface area contributed by atoms with Crippen LogP contribution in [0.3, 0.4) is 0 Å². The van der Waals surface area contributed by atoms with Crippen molar-refractivity contribution in [3.8, 4) is 0 Å². The number of ether oxygens (including phenoxy) is 2. The first-order chi connectivity index (χ1) is 23.0. The minimum atomic E-state index is -1.36. The molecule has 2 N–H and O–H groups in total. The molecule has 1 aliphatic heterocycles. The lowest BCUT2D eigenvalue weighted by Crippen LogP contribution is -2.56. The molecule has 0 aromatic heterocycles. The van der Waals surface area contributed by atoms with E-state index >= 15 is 0 Å². The summed E-state index contributed by atoms with van der Waals surface area (Å²) >= 11 is 0. The van der Waals surface area contributed by atoms with E-state index in [0.717, 1.165) is 23.8 Å². The molecule has 1 fully saturated rings. The number of rotatable bonds is 14. The molecular weight excluding hydrogens is 624 g/mol. The van der Waals surface area contributed by atoms with Crippen molar-refractivity contribution >= 4 is 29.7 Å². The van der Waals surface area contributed by atoms with Crippen molar-refractivity contribution < 1.29 is 42.2 Å². The number of hydrogen-bond acceptors (Lipinski definition) is 7. The fourth-order valence-electron chi connectivity index (χ4n) is 5.40. The normalized spacial score (nSPS) is 15.4. The summed E-state index contributed by atoms with van der Waals surface area (Å²) in [6, 6.07) is 17.6. The molecule has 1 saturated heterocycles. The molecule has 3 unspecified atom stereocenters. The molecule has 12 heteroatoms. The lowest BCUT2D eigenvalue weighted by Gasteiger charge is -2.27. The third-order valence-corrected chi connectivity index (χ3v) is 7.84. The first-order valence-corrected chi connectivity index (χ1v) is 15.8. The van der Waals surface area contributed by atoms with Gasteiger partial charge in [0.15, 0.2) is 12.4 Å². The predicted molar refractivity (Wildman–Crippen MR) is 171 cm³/mol. The van der Waals surface area contributed by atoms with Gasteiger partial charge in [-0.05, 0) is 54.9 Å². The summed E-state index contributed by atoms with van der Waals surface area (Å²) in [6.45, 7) is 3.22. The van der Waals surface area contributed by atoms with Gasteiger partial charge in [0, 0.05) is 6.54 Å². The number of halogens is 2. The molecule has 3 atom stereocenters. The number of esters is 1. The average Bonchev–Trinajstić information content (AvgIpc) is 3.57. The number of carbonyl (C=O) groups excluding carboxylic acids is 5. The van der Waals surface area contributed by atoms with Gasteiger partial charge in [-0.1, -0.05) is 80.6 Å². The Morgan fingerprint density at radius 3 is 2.06 bits per heavy atom. The highest BCUT2D eigenvalue weighted by Gasteiger charge is 2.37. The molecule has 10 nitrogen and oxygen atoms in total. The molecule has 254 valence electrons. The molecule has 4 rings (SSSR count). The van der Waals surface area contributed by atoms with Crippen LogP contribution < -0.4 is 10.6 Å². The minimum absolute atomic E-state index is 0.0169. The van der Waals surface area contributed by atoms with E-state index in [1.54, 1.807) is 30.3 Å². The molecule has 0 aliphatic carbocycles. The Bertz CT molecular complexity index is 1570. The maximum absolute atomic E-state index is 14.1. The van der Waals surface area contributed by atoms with Crippen LogP contribution in [0, 0.1) is 17.6 Å². The van der Waals surface area contributed by atoms with Crippen molar-refractivity contribution in [1.29, 1.82) is 0 Å². The van der Waals surface area contributed by atoms with Crippen LogP contribution in [0.4, 0.5) is 13.6 Å². The van der Waals surface area contributed by atoms with Gasteiger partial charge in [0.25, 0.3) is 0 Å². The number of nitrogens with one attached hydrogen (secondary N) is 2. The highest BCUT2D eigenvalue weighted by molar-refractivity contribution is 5.96. The molecule has 0 spiro atoms. The first-order valence-electron chi connectivity index (χ1n) is 15.8. The Labute approximate surface area is 277 Å². The molecule has 0 bridgehead atoms. The number of ketones is 1. The highest BCUT2D eigenvalue weighted by Crippen LogP contribution is 2.20. The van der Waals surface area contributed by atoms with Crippen LogP contribution in [-0.2, 0) is 36.9 Å². The Morgan fingerprint density at radius 1 is 0.812 bits per heavy atom. The summed E-state index contributed by atoms with van der Waals surface area (Å²) in [4.78, 5) is 67.1. The molecular formula is C36H39F2N3O7. The predicted octanol–water partition coefficient (Wildman–Crippen LogP) is 4.75. The largest absolute Gasteiger partial charge is 0.454 e. The zero-order chi connectivity index (χ0) is 34.6. The summed E-state index contributed by atoms with van der Waals surface area (Å²) in [7, 11) is 0. The van der Waals surface area contributed by atoms with E-state index < -0.39 is 71.6 Å². The van der Waals surface area contributed by atoms with Crippen LogP contribution in [0.2, 0.25) is 0 Å². The molecule has 3 aromatic rings. The van der Waals surface area contributed by atoms with Crippen LogP contribution in [0.1, 0.15) is 54.6 Å². The number of hydrogen-bond donors (Lipinski definition) is 2. The quantitative estimate of drug-likeness (QED) is 0.238. The van der Waals surface area contributed by atoms with E-state index in [4.69, 9.17) is 9.47 Å². The van der Waals surface area contributed by atoms with Crippen LogP contribution in [0.5, 0.6) is 0 Å². The van der Waals surface area contributed by atoms with E-state index in [9.17, 15) is 32.8 Å². The number of benzene rings is 3. The van der Waals surface area contributed by atoms with Crippen LogP contribution in [-0.4, -0.2) is 65.8 Å². The van der Waals surface area contributed by atoms with E-state index in [1.165, 1.54) is 4.90 Å². The summed E-state index contributed by atoms with van der Waals surface area (Å²) in [6.07, 6.45) is 0.549. The third-order valence-electron chi connectivity index (χ3n) is 7.84. The van der Waals surface area contributed by atoms with Crippen LogP contribution in [0.15, 0.2) is 78.9 Å². The second-order valence-electron chi connectivity index (χ2n) is 12.0. The van der Waals surface area contributed by atoms with Crippen molar-refractivity contribution in [1.82, 2.24) is 15.5 Å². The Balaban J connectivity index is 1.44. The molecule has 0 saturated carbocycles. The van der Waals surface area contributed by atoms with Gasteiger partial charge < -0.3 is 20.1 Å². The maximum Gasteiger partial charge on any atom is 0.410 e. The number of carbonyl (C=O) groups is 5. The van der Waals surface area contributed by atoms with Crippen LogP contribution >= 0.6 is 0 Å². The van der Waals surface area contributed by atoms with Crippen molar-refractivity contribution in [2.24, 2.45) is 5.92 Å². The second-order valence-corrected chi connectivity index (χ2v) is 12.0. The number of likely N-dealkylation sites (tertiary alicyclic amines) is 1. The molecule has 0 radical (unpaired) electrons. The standard InChI is InChI=1S/C36H39F2N3O7/c1-23(2)19-29(40-34(44)30-17-10-18-41(30)36(46)48-21-25-13-7-4-8-14-25)33(43)39-28(20-24-11-5-3-6-12-24)31(42)22-47-35(45)32-26(37)15-9-16-27(32)38/h3-9,11-16,23,28-30H,10,17-22H2,1-2H3,(H,39,43)(H,40,44). The van der Waals surface area contributed by atoms with Gasteiger partial charge in [-0.25, -0.2) is 18.4 Å². The van der Waals surface area contributed by atoms with Gasteiger partial charge in [-0.3, -0.25) is 19.3 Å². The smallest absolute Gasteiger partial charge is 0.410 e. The van der Waals surface area contributed by atoms with Crippen molar-refractivity contribution in [3.63, 3.8) is 0 Å². The molecule has 1 heterocycles. The lowest BCUT2D eigenvalue weighted by atomic mass is 9.99. The number of nitrogens with zero attached hydrogens (tertiary/aromatic N) is 1. The number of amides is 3. The maximum atomic E-state index is 14.1. The van der Waals surface area contributed by atoms with Crippen molar-refractivity contribution in [3.05, 3.63) is 107 Å². The average molecular weight is 664 g/mol. The van der Waals surface area contributed by atoms with E-state index in [-0.39, 0.29) is 25.4 Å². The number of Topliss-reactive ketones (excluding diaryl/α,β-unsaturated/α-hetero) is 1. The molecule has 1 aliphatic rings. The van der Waals surface area contributed by atoms with Gasteiger partial charge in [-0.15, -0.1) is 0 Å². The van der Waals surface area contributed by atoms with Gasteiger partial charge in [0.1, 0.15) is 35.9 Å². The molecule has 48 heavy (non-hydrogen) atoms. The van der Waals surface area contributed by atoms with E-state index in [2.05, 4.69) is 10.6 Å². The Kier molecular flexibility index (Phi) is 12.8. The summed E-state index contributed by atoms with van der Waals surface area (Å²) in [5, 5.41) is 5.44. The zero-order valence-electron chi connectivity index (χ0n) is 26.8. The Morgan fingerprint density at radius 2 is 1.44 bits per heavy atom.